The Morgan fingerprint density at radius 1 is 1.17 bits per heavy atom. The summed E-state index contributed by atoms with van der Waals surface area (Å²) in [5.41, 5.74) is 4.70. The molecule has 41 heavy (non-hydrogen) atoms. The van der Waals surface area contributed by atoms with E-state index in [0.717, 1.165) is 34.5 Å². The number of nitrogens with zero attached hydrogens (tertiary/aromatic N) is 6. The topological polar surface area (TPSA) is 118 Å². The Labute approximate surface area is 236 Å². The predicted molar refractivity (Wildman–Crippen MR) is 153 cm³/mol. The van der Waals surface area contributed by atoms with Crippen LogP contribution in [0.15, 0.2) is 61.2 Å². The van der Waals surface area contributed by atoms with Crippen molar-refractivity contribution in [2.75, 3.05) is 25.0 Å². The van der Waals surface area contributed by atoms with Gasteiger partial charge in [0.05, 0.1) is 47.5 Å². The van der Waals surface area contributed by atoms with Gasteiger partial charge in [0.1, 0.15) is 23.9 Å². The number of amides is 1. The van der Waals surface area contributed by atoms with Crippen LogP contribution >= 0.6 is 0 Å². The molecule has 3 saturated heterocycles. The summed E-state index contributed by atoms with van der Waals surface area (Å²) in [6.45, 7) is 1.25. The average Bonchev–Trinajstić information content (AvgIpc) is 3.42. The maximum atomic E-state index is 14.2. The second-order valence-corrected chi connectivity index (χ2v) is 10.1. The Bertz CT molecular complexity index is 1800. The number of quaternary nitrogens is 1. The molecule has 3 fully saturated rings. The summed E-state index contributed by atoms with van der Waals surface area (Å²) in [6, 6.07) is 12.4. The summed E-state index contributed by atoms with van der Waals surface area (Å²) >= 11 is 0. The molecule has 2 atom stereocenters. The van der Waals surface area contributed by atoms with Crippen molar-refractivity contribution in [1.82, 2.24) is 19.5 Å². The number of nitrogens with two attached hydrogens (primary N) is 1. The molecule has 3 aliphatic heterocycles. The van der Waals surface area contributed by atoms with Crippen molar-refractivity contribution in [3.63, 3.8) is 0 Å². The zero-order valence-corrected chi connectivity index (χ0v) is 22.3. The second kappa shape index (κ2) is 10.3. The number of hydrogen-bond donors (Lipinski definition) is 2. The van der Waals surface area contributed by atoms with E-state index in [1.165, 1.54) is 24.5 Å². The Hall–Kier alpha value is -5.32. The van der Waals surface area contributed by atoms with Gasteiger partial charge in [0.2, 0.25) is 0 Å². The zero-order chi connectivity index (χ0) is 28.7. The minimum absolute atomic E-state index is 0.0149. The number of allylic oxidation sites excluding steroid dienone is 1. The van der Waals surface area contributed by atoms with Gasteiger partial charge in [-0.3, -0.25) is 4.79 Å². The number of nitriles is 1. The van der Waals surface area contributed by atoms with Gasteiger partial charge in [0, 0.05) is 54.0 Å². The summed E-state index contributed by atoms with van der Waals surface area (Å²) in [4.78, 5) is 21.9. The number of carbonyl (C=O) groups excluding carboxylic acids is 1. The van der Waals surface area contributed by atoms with E-state index in [1.807, 2.05) is 47.9 Å². The number of carbonyl (C=O) groups is 1. The number of piperidine rings is 1. The lowest BCUT2D eigenvalue weighted by atomic mass is 9.86. The highest BCUT2D eigenvalue weighted by Crippen LogP contribution is 2.36. The van der Waals surface area contributed by atoms with Gasteiger partial charge in [-0.1, -0.05) is 5.92 Å². The monoisotopic (exact) mass is 545 g/mol. The van der Waals surface area contributed by atoms with Crippen LogP contribution in [-0.4, -0.2) is 63.8 Å². The van der Waals surface area contributed by atoms with Crippen molar-refractivity contribution in [2.24, 2.45) is 0 Å². The molecule has 7 rings (SSSR count). The van der Waals surface area contributed by atoms with E-state index in [9.17, 15) is 14.4 Å². The van der Waals surface area contributed by atoms with Crippen molar-refractivity contribution in [2.45, 2.75) is 18.5 Å². The normalized spacial score (nSPS) is 18.0. The first kappa shape index (κ1) is 25.9. The van der Waals surface area contributed by atoms with Crippen molar-refractivity contribution in [3.8, 4) is 29.5 Å². The first-order valence-electron chi connectivity index (χ1n) is 13.2. The fourth-order valence-electron chi connectivity index (χ4n) is 5.76. The highest BCUT2D eigenvalue weighted by Gasteiger charge is 2.47. The van der Waals surface area contributed by atoms with Crippen LogP contribution in [0.4, 0.5) is 10.2 Å². The van der Waals surface area contributed by atoms with Crippen LogP contribution in [0.25, 0.3) is 22.2 Å². The maximum absolute atomic E-state index is 14.2. The first-order chi connectivity index (χ1) is 19.9. The van der Waals surface area contributed by atoms with Crippen molar-refractivity contribution < 1.29 is 14.5 Å². The number of pyridine rings is 2. The molecule has 3 aliphatic rings. The number of piperazine rings is 1. The lowest BCUT2D eigenvalue weighted by Crippen LogP contribution is -2.72. The van der Waals surface area contributed by atoms with Gasteiger partial charge in [-0.2, -0.15) is 10.4 Å². The standard InChI is InChI=1S/C31H25FN8O/c1-3-19-4-5-20(9-28(19)32)31(41)40-25-10-26(40)18-38(17-25)29-7-6-21(14-36-29)27-8-22(23(11-33)13-35-2)16-39-30(27)24(12-34)15-37-39/h1,4-9,11,13-16,25-26,33,35H,10,17-18H2,2H3/p+1. The van der Waals surface area contributed by atoms with Crippen LogP contribution in [0, 0.1) is 34.9 Å². The number of fused-ring (bicyclic) bond motifs is 3. The molecule has 6 heterocycles. The van der Waals surface area contributed by atoms with Crippen molar-refractivity contribution in [1.29, 1.82) is 10.7 Å². The van der Waals surface area contributed by atoms with E-state index in [2.05, 4.69) is 22.0 Å². The Morgan fingerprint density at radius 2 is 1.98 bits per heavy atom. The van der Waals surface area contributed by atoms with Crippen molar-refractivity contribution in [3.05, 3.63) is 89.3 Å². The van der Waals surface area contributed by atoms with Gasteiger partial charge in [-0.15, -0.1) is 6.42 Å². The quantitative estimate of drug-likeness (QED) is 0.285. The Kier molecular flexibility index (Phi) is 6.54. The van der Waals surface area contributed by atoms with E-state index in [1.54, 1.807) is 16.8 Å². The van der Waals surface area contributed by atoms with Crippen LogP contribution in [0.1, 0.15) is 33.5 Å². The van der Waals surface area contributed by atoms with E-state index in [-0.39, 0.29) is 23.6 Å². The second-order valence-electron chi connectivity index (χ2n) is 10.1. The van der Waals surface area contributed by atoms with Gasteiger partial charge in [0.15, 0.2) is 0 Å². The van der Waals surface area contributed by atoms with Gasteiger partial charge >= 0.3 is 0 Å². The molecule has 202 valence electrons. The number of benzene rings is 1. The Morgan fingerprint density at radius 3 is 2.61 bits per heavy atom. The summed E-state index contributed by atoms with van der Waals surface area (Å²) in [5.74, 6) is 2.32. The molecular formula is C31H26FN8O+. The SMILES string of the molecule is C#Cc1ccc(C(=O)N2C3CC2CN(c2ccc(-c4cc(C(C=N)=C[NH2+]C)cn5ncc(C#N)c45)cn2)C3)cc1F. The molecule has 9 nitrogen and oxygen atoms in total. The number of hydrogen-bond acceptors (Lipinski definition) is 6. The van der Waals surface area contributed by atoms with E-state index < -0.39 is 5.82 Å². The molecule has 1 aromatic carbocycles. The fourth-order valence-corrected chi connectivity index (χ4v) is 5.76. The summed E-state index contributed by atoms with van der Waals surface area (Å²) < 4.78 is 15.9. The van der Waals surface area contributed by atoms with Crippen LogP contribution in [-0.2, 0) is 0 Å². The molecule has 0 radical (unpaired) electrons. The molecule has 1 amide bonds. The summed E-state index contributed by atoms with van der Waals surface area (Å²) in [6.07, 6.45) is 14.5. The molecule has 0 spiro atoms. The summed E-state index contributed by atoms with van der Waals surface area (Å²) in [5, 5.41) is 23.8. The molecule has 2 unspecified atom stereocenters. The first-order valence-corrected chi connectivity index (χ1v) is 13.2. The third-order valence-electron chi connectivity index (χ3n) is 7.75. The van der Waals surface area contributed by atoms with Crippen LogP contribution < -0.4 is 10.2 Å². The molecule has 10 heteroatoms. The lowest BCUT2D eigenvalue weighted by molar-refractivity contribution is -0.555. The minimum Gasteiger partial charge on any atom is -0.352 e. The number of anilines is 1. The highest BCUT2D eigenvalue weighted by molar-refractivity contribution is 6.08. The van der Waals surface area contributed by atoms with E-state index in [0.29, 0.717) is 29.7 Å². The van der Waals surface area contributed by atoms with E-state index in [4.69, 9.17) is 16.8 Å². The third kappa shape index (κ3) is 4.41. The number of aromatic nitrogens is 3. The van der Waals surface area contributed by atoms with Gasteiger partial charge in [-0.05, 0) is 42.8 Å². The van der Waals surface area contributed by atoms with Crippen LogP contribution in [0.5, 0.6) is 0 Å². The number of nitrogens with one attached hydrogen (secondary N) is 1. The van der Waals surface area contributed by atoms with Crippen LogP contribution in [0.2, 0.25) is 0 Å². The van der Waals surface area contributed by atoms with E-state index >= 15 is 0 Å². The minimum atomic E-state index is -0.565. The maximum Gasteiger partial charge on any atom is 0.254 e. The predicted octanol–water partition coefficient (Wildman–Crippen LogP) is 2.68. The third-order valence-corrected chi connectivity index (χ3v) is 7.75. The molecule has 4 aromatic rings. The number of rotatable bonds is 6. The lowest BCUT2D eigenvalue weighted by Gasteiger charge is -2.56. The van der Waals surface area contributed by atoms with Gasteiger partial charge < -0.3 is 20.5 Å². The van der Waals surface area contributed by atoms with Gasteiger partial charge in [0.25, 0.3) is 5.91 Å². The number of terminal acetylenes is 1. The van der Waals surface area contributed by atoms with Gasteiger partial charge in [-0.25, -0.2) is 13.9 Å². The Balaban J connectivity index is 1.25. The average molecular weight is 546 g/mol. The highest BCUT2D eigenvalue weighted by atomic mass is 19.1. The molecule has 0 saturated carbocycles. The number of halogens is 1. The molecular weight excluding hydrogens is 519 g/mol. The molecule has 3 N–H and O–H groups in total. The van der Waals surface area contributed by atoms with Crippen molar-refractivity contribution >= 4 is 29.0 Å². The largest absolute Gasteiger partial charge is 0.352 e. The molecule has 2 bridgehead atoms. The fraction of sp³-hybridized carbons (Fsp3) is 0.194. The smallest absolute Gasteiger partial charge is 0.254 e. The molecule has 0 aliphatic carbocycles. The zero-order valence-electron chi connectivity index (χ0n) is 22.3. The molecule has 3 aromatic heterocycles. The summed E-state index contributed by atoms with van der Waals surface area (Å²) in [7, 11) is 1.89. The van der Waals surface area contributed by atoms with Crippen LogP contribution in [0.3, 0.4) is 0 Å².